The number of aromatic nitrogens is 2. The number of nitrogens with zero attached hydrogens (tertiary/aromatic N) is 8. The molecule has 0 radical (unpaired) electrons. The predicted molar refractivity (Wildman–Crippen MR) is 164 cm³/mol. The van der Waals surface area contributed by atoms with E-state index in [1.165, 1.54) is 28.0 Å². The van der Waals surface area contributed by atoms with Crippen LogP contribution >= 0.6 is 47.1 Å². The van der Waals surface area contributed by atoms with Crippen LogP contribution in [0.2, 0.25) is 0 Å². The standard InChI is InChI=1S/C24H20N8O8S4/c1-4-29-12(3)19(43-22(29)41)27-25-15-10-13(31(34)35)6-8-17(15)38-24(33)39-18-9-7-14(32(36)37)11-16(18)26-28-20-21(40-24)30(5-2)23(42)44-20/h6-11,33H,4-5H2,1-3H3. The maximum atomic E-state index is 11.7. The van der Waals surface area contributed by atoms with Gasteiger partial charge in [0.25, 0.3) is 11.4 Å². The molecule has 0 spiro atoms. The molecule has 228 valence electrons. The van der Waals surface area contributed by atoms with Crippen molar-refractivity contribution < 1.29 is 29.2 Å². The molecule has 1 aliphatic heterocycles. The molecule has 1 N–H and O–H groups in total. The minimum atomic E-state index is -2.99. The van der Waals surface area contributed by atoms with Crippen molar-refractivity contribution in [2.24, 2.45) is 20.5 Å². The molecule has 0 bridgehead atoms. The van der Waals surface area contributed by atoms with E-state index in [4.69, 9.17) is 38.6 Å². The Morgan fingerprint density at radius 3 is 2.30 bits per heavy atom. The summed E-state index contributed by atoms with van der Waals surface area (Å²) in [5.74, 6) is -0.495. The second kappa shape index (κ2) is 12.2. The second-order valence-electron chi connectivity index (χ2n) is 8.77. The van der Waals surface area contributed by atoms with Crippen molar-refractivity contribution in [1.82, 2.24) is 9.13 Å². The van der Waals surface area contributed by atoms with E-state index in [0.717, 1.165) is 41.3 Å². The van der Waals surface area contributed by atoms with Crippen LogP contribution in [0.1, 0.15) is 19.5 Å². The lowest BCUT2D eigenvalue weighted by Gasteiger charge is -2.28. The Balaban J connectivity index is 1.63. The Morgan fingerprint density at radius 1 is 0.977 bits per heavy atom. The Labute approximate surface area is 265 Å². The molecule has 0 aliphatic carbocycles. The first-order chi connectivity index (χ1) is 20.9. The van der Waals surface area contributed by atoms with Crippen molar-refractivity contribution in [3.05, 3.63) is 70.2 Å². The van der Waals surface area contributed by atoms with Gasteiger partial charge in [0.15, 0.2) is 24.4 Å². The molecule has 2 aromatic carbocycles. The van der Waals surface area contributed by atoms with Gasteiger partial charge in [-0.25, -0.2) is 0 Å². The number of azo groups is 2. The van der Waals surface area contributed by atoms with Crippen molar-refractivity contribution in [1.29, 1.82) is 0 Å². The van der Waals surface area contributed by atoms with Gasteiger partial charge in [0.05, 0.1) is 15.5 Å². The molecule has 4 aromatic rings. The zero-order chi connectivity index (χ0) is 31.8. The molecular weight excluding hydrogens is 657 g/mol. The number of hydrogen-bond donors (Lipinski definition) is 1. The molecule has 44 heavy (non-hydrogen) atoms. The monoisotopic (exact) mass is 676 g/mol. The molecule has 0 saturated carbocycles. The normalized spacial score (nSPS) is 15.8. The molecule has 1 atom stereocenters. The van der Waals surface area contributed by atoms with Gasteiger partial charge < -0.3 is 18.8 Å². The van der Waals surface area contributed by atoms with E-state index < -0.39 is 16.0 Å². The van der Waals surface area contributed by atoms with Gasteiger partial charge >= 0.3 is 6.16 Å². The summed E-state index contributed by atoms with van der Waals surface area (Å²) in [6.07, 6.45) is -2.99. The van der Waals surface area contributed by atoms with Crippen molar-refractivity contribution in [2.45, 2.75) is 40.0 Å². The maximum Gasteiger partial charge on any atom is 0.558 e. The SMILES string of the molecule is CCn1c(C)c(N=Nc2cc([N+](=O)[O-])ccc2OC2(O)Oc3ccc([N+](=O)[O-])cc3N=Nc3sc(=S)n(CC)c3O2)sc1=S. The van der Waals surface area contributed by atoms with E-state index in [1.54, 1.807) is 6.92 Å². The van der Waals surface area contributed by atoms with Crippen molar-refractivity contribution in [3.63, 3.8) is 0 Å². The Kier molecular flexibility index (Phi) is 8.61. The van der Waals surface area contributed by atoms with Crippen LogP contribution in [0.25, 0.3) is 0 Å². The molecule has 1 aliphatic rings. The van der Waals surface area contributed by atoms with E-state index >= 15 is 0 Å². The van der Waals surface area contributed by atoms with Crippen molar-refractivity contribution in [2.75, 3.05) is 0 Å². The summed E-state index contributed by atoms with van der Waals surface area (Å²) in [6.45, 7) is 6.42. The molecule has 5 rings (SSSR count). The van der Waals surface area contributed by atoms with Gasteiger partial charge in [-0.3, -0.25) is 29.9 Å². The molecule has 3 heterocycles. The van der Waals surface area contributed by atoms with Gasteiger partial charge in [0.2, 0.25) is 10.9 Å². The molecule has 20 heteroatoms. The first-order valence-electron chi connectivity index (χ1n) is 12.6. The minimum Gasteiger partial charge on any atom is -0.394 e. The smallest absolute Gasteiger partial charge is 0.394 e. The molecule has 0 saturated heterocycles. The minimum absolute atomic E-state index is 0.0718. The third-order valence-electron chi connectivity index (χ3n) is 6.09. The average Bonchev–Trinajstić information content (AvgIpc) is 3.44. The summed E-state index contributed by atoms with van der Waals surface area (Å²) < 4.78 is 21.6. The summed E-state index contributed by atoms with van der Waals surface area (Å²) in [4.78, 5) is 21.7. The lowest BCUT2D eigenvalue weighted by molar-refractivity contribution is -0.388. The predicted octanol–water partition coefficient (Wildman–Crippen LogP) is 8.32. The molecule has 2 aromatic heterocycles. The van der Waals surface area contributed by atoms with E-state index in [1.807, 2.05) is 18.4 Å². The number of ether oxygens (including phenoxy) is 3. The molecule has 0 fully saturated rings. The van der Waals surface area contributed by atoms with Gasteiger partial charge in [0.1, 0.15) is 11.4 Å². The van der Waals surface area contributed by atoms with Crippen LogP contribution in [0.15, 0.2) is 56.9 Å². The van der Waals surface area contributed by atoms with E-state index in [-0.39, 0.29) is 45.1 Å². The number of non-ortho nitro benzene ring substituents is 2. The van der Waals surface area contributed by atoms with Gasteiger partial charge in [0, 0.05) is 37.4 Å². The van der Waals surface area contributed by atoms with Gasteiger partial charge in [-0.1, -0.05) is 22.7 Å². The number of aliphatic hydroxyl groups is 1. The summed E-state index contributed by atoms with van der Waals surface area (Å²) >= 11 is 13.0. The number of thiazole rings is 2. The van der Waals surface area contributed by atoms with E-state index in [2.05, 4.69) is 20.5 Å². The van der Waals surface area contributed by atoms with Crippen LogP contribution in [0.5, 0.6) is 17.4 Å². The van der Waals surface area contributed by atoms with Crippen LogP contribution in [0.3, 0.4) is 0 Å². The Bertz CT molecular complexity index is 1980. The lowest BCUT2D eigenvalue weighted by atomic mass is 10.2. The average molecular weight is 677 g/mol. The van der Waals surface area contributed by atoms with E-state index in [9.17, 15) is 25.3 Å². The molecule has 0 amide bonds. The number of nitro groups is 2. The number of fused-ring (bicyclic) bond motifs is 2. The van der Waals surface area contributed by atoms with Gasteiger partial charge in [-0.05, 0) is 57.3 Å². The quantitative estimate of drug-likeness (QED) is 0.0623. The highest BCUT2D eigenvalue weighted by atomic mass is 32.2. The van der Waals surface area contributed by atoms with Crippen LogP contribution in [-0.2, 0) is 13.1 Å². The number of benzene rings is 2. The highest BCUT2D eigenvalue weighted by Gasteiger charge is 2.42. The van der Waals surface area contributed by atoms with Crippen molar-refractivity contribution >= 4 is 79.9 Å². The summed E-state index contributed by atoms with van der Waals surface area (Å²) in [5, 5.41) is 51.9. The highest BCUT2D eigenvalue weighted by Crippen LogP contribution is 2.44. The topological polar surface area (TPSA) is 194 Å². The Morgan fingerprint density at radius 2 is 1.64 bits per heavy atom. The number of rotatable bonds is 8. The zero-order valence-corrected chi connectivity index (χ0v) is 26.2. The van der Waals surface area contributed by atoms with Gasteiger partial charge in [-0.2, -0.15) is 0 Å². The van der Waals surface area contributed by atoms with Crippen molar-refractivity contribution in [3.8, 4) is 17.4 Å². The highest BCUT2D eigenvalue weighted by molar-refractivity contribution is 7.73. The van der Waals surface area contributed by atoms with Crippen LogP contribution in [-0.4, -0.2) is 30.2 Å². The maximum absolute atomic E-state index is 11.7. The van der Waals surface area contributed by atoms with Crippen LogP contribution in [0.4, 0.5) is 32.8 Å². The largest absolute Gasteiger partial charge is 0.558 e. The fraction of sp³-hybridized carbons (Fsp3) is 0.250. The summed E-state index contributed by atoms with van der Waals surface area (Å²) in [7, 11) is 0. The second-order valence-corrected chi connectivity index (χ2v) is 12.0. The first-order valence-corrected chi connectivity index (χ1v) is 15.0. The van der Waals surface area contributed by atoms with Crippen LogP contribution < -0.4 is 14.2 Å². The number of hydrogen-bond acceptors (Lipinski definition) is 16. The molecular formula is C24H20N8O8S4. The van der Waals surface area contributed by atoms with E-state index in [0.29, 0.717) is 26.0 Å². The molecule has 16 nitrogen and oxygen atoms in total. The fourth-order valence-electron chi connectivity index (χ4n) is 3.97. The molecule has 1 unspecified atom stereocenters. The lowest BCUT2D eigenvalue weighted by Crippen LogP contribution is -2.48. The third kappa shape index (κ3) is 6.10. The van der Waals surface area contributed by atoms with Crippen LogP contribution in [0, 0.1) is 35.1 Å². The van der Waals surface area contributed by atoms with Gasteiger partial charge in [-0.15, -0.1) is 20.5 Å². The number of nitro benzene ring substituents is 2. The summed E-state index contributed by atoms with van der Waals surface area (Å²) in [5.41, 5.74) is -0.186. The summed E-state index contributed by atoms with van der Waals surface area (Å²) in [6, 6.07) is 6.80. The third-order valence-corrected chi connectivity index (χ3v) is 8.84. The Hall–Kier alpha value is -4.50. The fourth-order valence-corrected chi connectivity index (χ4v) is 6.61. The zero-order valence-electron chi connectivity index (χ0n) is 22.9. The first kappa shape index (κ1) is 30.9.